The van der Waals surface area contributed by atoms with E-state index in [-0.39, 0.29) is 12.3 Å². The molecule has 0 aliphatic heterocycles. The van der Waals surface area contributed by atoms with Crippen molar-refractivity contribution in [2.75, 3.05) is 13.7 Å². The van der Waals surface area contributed by atoms with Crippen LogP contribution in [0.5, 0.6) is 0 Å². The van der Waals surface area contributed by atoms with Gasteiger partial charge in [0.15, 0.2) is 0 Å². The normalized spacial score (nSPS) is 9.61. The van der Waals surface area contributed by atoms with Gasteiger partial charge in [0.05, 0.1) is 7.11 Å². The highest BCUT2D eigenvalue weighted by atomic mass is 16.5. The highest BCUT2D eigenvalue weighted by Crippen LogP contribution is 2.05. The maximum atomic E-state index is 11.9. The summed E-state index contributed by atoms with van der Waals surface area (Å²) >= 11 is 0. The van der Waals surface area contributed by atoms with Crippen molar-refractivity contribution in [1.29, 1.82) is 0 Å². The van der Waals surface area contributed by atoms with Crippen LogP contribution in [-0.4, -0.2) is 35.4 Å². The first-order chi connectivity index (χ1) is 8.67. The summed E-state index contributed by atoms with van der Waals surface area (Å²) in [7, 11) is 1.26. The van der Waals surface area contributed by atoms with Crippen LogP contribution in [0.25, 0.3) is 0 Å². The van der Waals surface area contributed by atoms with Crippen molar-refractivity contribution >= 4 is 11.9 Å². The van der Waals surface area contributed by atoms with Crippen molar-refractivity contribution in [3.05, 3.63) is 42.7 Å². The van der Waals surface area contributed by atoms with Crippen LogP contribution in [0.4, 0.5) is 0 Å². The summed E-state index contributed by atoms with van der Waals surface area (Å²) in [5, 5.41) is 0. The van der Waals surface area contributed by atoms with Crippen LogP contribution in [-0.2, 0) is 20.9 Å². The number of pyridine rings is 1. The second-order valence-electron chi connectivity index (χ2n) is 3.67. The quantitative estimate of drug-likeness (QED) is 0.430. The second-order valence-corrected chi connectivity index (χ2v) is 3.67. The van der Waals surface area contributed by atoms with Gasteiger partial charge < -0.3 is 9.64 Å². The zero-order valence-electron chi connectivity index (χ0n) is 10.3. The lowest BCUT2D eigenvalue weighted by Crippen LogP contribution is -2.32. The SMILES string of the molecule is C=CCN(Cc1ccncc1)C(=O)CC(=O)OC. The van der Waals surface area contributed by atoms with Crippen molar-refractivity contribution < 1.29 is 14.3 Å². The summed E-state index contributed by atoms with van der Waals surface area (Å²) in [4.78, 5) is 28.4. The third-order valence-electron chi connectivity index (χ3n) is 2.35. The van der Waals surface area contributed by atoms with Gasteiger partial charge in [0.25, 0.3) is 0 Å². The summed E-state index contributed by atoms with van der Waals surface area (Å²) in [6.07, 6.45) is 4.68. The number of rotatable bonds is 6. The van der Waals surface area contributed by atoms with E-state index < -0.39 is 5.97 Å². The van der Waals surface area contributed by atoms with Crippen LogP contribution in [0.1, 0.15) is 12.0 Å². The van der Waals surface area contributed by atoms with Gasteiger partial charge >= 0.3 is 5.97 Å². The minimum absolute atomic E-state index is 0.255. The zero-order chi connectivity index (χ0) is 13.4. The molecule has 0 aromatic carbocycles. The molecule has 0 N–H and O–H groups in total. The minimum atomic E-state index is -0.538. The van der Waals surface area contributed by atoms with Gasteiger partial charge in [-0.2, -0.15) is 0 Å². The first kappa shape index (κ1) is 13.9. The van der Waals surface area contributed by atoms with E-state index in [0.717, 1.165) is 5.56 Å². The minimum Gasteiger partial charge on any atom is -0.469 e. The summed E-state index contributed by atoms with van der Waals surface area (Å²) in [6.45, 7) is 4.41. The Morgan fingerprint density at radius 3 is 2.67 bits per heavy atom. The third-order valence-corrected chi connectivity index (χ3v) is 2.35. The molecule has 5 heteroatoms. The number of esters is 1. The van der Waals surface area contributed by atoms with Crippen LogP contribution in [0.3, 0.4) is 0 Å². The number of methoxy groups -OCH3 is 1. The molecule has 0 unspecified atom stereocenters. The Morgan fingerprint density at radius 1 is 1.44 bits per heavy atom. The number of ether oxygens (including phenoxy) is 1. The van der Waals surface area contributed by atoms with E-state index in [4.69, 9.17) is 0 Å². The van der Waals surface area contributed by atoms with Crippen molar-refractivity contribution in [1.82, 2.24) is 9.88 Å². The fraction of sp³-hybridized carbons (Fsp3) is 0.308. The van der Waals surface area contributed by atoms with Gasteiger partial charge in [-0.15, -0.1) is 6.58 Å². The highest BCUT2D eigenvalue weighted by Gasteiger charge is 2.16. The molecule has 0 spiro atoms. The summed E-state index contributed by atoms with van der Waals surface area (Å²) in [6, 6.07) is 3.64. The fourth-order valence-electron chi connectivity index (χ4n) is 1.43. The topological polar surface area (TPSA) is 59.5 Å². The van der Waals surface area contributed by atoms with E-state index in [1.807, 2.05) is 12.1 Å². The van der Waals surface area contributed by atoms with Gasteiger partial charge in [0.1, 0.15) is 6.42 Å². The Balaban J connectivity index is 2.67. The third kappa shape index (κ3) is 4.37. The lowest BCUT2D eigenvalue weighted by atomic mass is 10.2. The average Bonchev–Trinajstić information content (AvgIpc) is 2.39. The van der Waals surface area contributed by atoms with Crippen LogP contribution in [0.2, 0.25) is 0 Å². The number of nitrogens with zero attached hydrogens (tertiary/aromatic N) is 2. The van der Waals surface area contributed by atoms with Crippen LogP contribution < -0.4 is 0 Å². The summed E-state index contributed by atoms with van der Waals surface area (Å²) < 4.78 is 4.48. The van der Waals surface area contributed by atoms with E-state index in [9.17, 15) is 9.59 Å². The lowest BCUT2D eigenvalue weighted by molar-refractivity contribution is -0.146. The van der Waals surface area contributed by atoms with Crippen molar-refractivity contribution in [3.63, 3.8) is 0 Å². The van der Waals surface area contributed by atoms with Gasteiger partial charge in [-0.25, -0.2) is 0 Å². The Morgan fingerprint density at radius 2 is 2.11 bits per heavy atom. The van der Waals surface area contributed by atoms with Gasteiger partial charge in [-0.1, -0.05) is 6.08 Å². The smallest absolute Gasteiger partial charge is 0.315 e. The van der Waals surface area contributed by atoms with Crippen molar-refractivity contribution in [2.24, 2.45) is 0 Å². The first-order valence-electron chi connectivity index (χ1n) is 5.51. The molecule has 0 radical (unpaired) electrons. The Labute approximate surface area is 106 Å². The molecule has 5 nitrogen and oxygen atoms in total. The molecule has 1 heterocycles. The van der Waals surface area contributed by atoms with Gasteiger partial charge in [0.2, 0.25) is 5.91 Å². The van der Waals surface area contributed by atoms with Crippen molar-refractivity contribution in [2.45, 2.75) is 13.0 Å². The molecule has 0 atom stereocenters. The molecule has 0 fully saturated rings. The highest BCUT2D eigenvalue weighted by molar-refractivity contribution is 5.94. The van der Waals surface area contributed by atoms with Gasteiger partial charge in [-0.3, -0.25) is 14.6 Å². The Bertz CT molecular complexity index is 418. The molecular weight excluding hydrogens is 232 g/mol. The van der Waals surface area contributed by atoms with E-state index >= 15 is 0 Å². The molecule has 1 rings (SSSR count). The molecule has 0 bridgehead atoms. The monoisotopic (exact) mass is 248 g/mol. The van der Waals surface area contributed by atoms with Crippen molar-refractivity contribution in [3.8, 4) is 0 Å². The molecule has 1 aromatic heterocycles. The van der Waals surface area contributed by atoms with E-state index in [0.29, 0.717) is 13.1 Å². The molecule has 0 saturated carbocycles. The van der Waals surface area contributed by atoms with Crippen LogP contribution >= 0.6 is 0 Å². The van der Waals surface area contributed by atoms with E-state index in [2.05, 4.69) is 16.3 Å². The molecule has 0 aliphatic rings. The number of carbonyl (C=O) groups is 2. The summed E-state index contributed by atoms with van der Waals surface area (Å²) in [5.41, 5.74) is 0.949. The number of amides is 1. The number of aromatic nitrogens is 1. The largest absolute Gasteiger partial charge is 0.469 e. The molecular formula is C13H16N2O3. The molecule has 1 amide bonds. The maximum Gasteiger partial charge on any atom is 0.315 e. The predicted molar refractivity (Wildman–Crippen MR) is 66.5 cm³/mol. The maximum absolute atomic E-state index is 11.9. The summed E-state index contributed by atoms with van der Waals surface area (Å²) in [5.74, 6) is -0.817. The molecule has 0 saturated heterocycles. The average molecular weight is 248 g/mol. The van der Waals surface area contributed by atoms with Gasteiger partial charge in [-0.05, 0) is 17.7 Å². The lowest BCUT2D eigenvalue weighted by Gasteiger charge is -2.20. The number of carbonyl (C=O) groups excluding carboxylic acids is 2. The number of hydrogen-bond donors (Lipinski definition) is 0. The van der Waals surface area contributed by atoms with Gasteiger partial charge in [0, 0.05) is 25.5 Å². The molecule has 0 aliphatic carbocycles. The Kier molecular flexibility index (Phi) is 5.57. The standard InChI is InChI=1S/C13H16N2O3/c1-3-8-15(12(16)9-13(17)18-2)10-11-4-6-14-7-5-11/h3-7H,1,8-10H2,2H3. The van der Waals surface area contributed by atoms with E-state index in [1.54, 1.807) is 23.4 Å². The number of hydrogen-bond acceptors (Lipinski definition) is 4. The first-order valence-corrected chi connectivity index (χ1v) is 5.51. The zero-order valence-corrected chi connectivity index (χ0v) is 10.3. The van der Waals surface area contributed by atoms with Crippen LogP contribution in [0, 0.1) is 0 Å². The molecule has 1 aromatic rings. The van der Waals surface area contributed by atoms with Crippen LogP contribution in [0.15, 0.2) is 37.2 Å². The molecule has 96 valence electrons. The fourth-order valence-corrected chi connectivity index (χ4v) is 1.43. The second kappa shape index (κ2) is 7.21. The van der Waals surface area contributed by atoms with E-state index in [1.165, 1.54) is 7.11 Å². The molecule has 18 heavy (non-hydrogen) atoms. The predicted octanol–water partition coefficient (Wildman–Crippen LogP) is 1.16. The Hall–Kier alpha value is -2.17.